The summed E-state index contributed by atoms with van der Waals surface area (Å²) in [5.74, 6) is 1.74. The number of hydrogen-bond acceptors (Lipinski definition) is 5. The van der Waals surface area contributed by atoms with Gasteiger partial charge in [0.15, 0.2) is 5.82 Å². The third kappa shape index (κ3) is 3.09. The monoisotopic (exact) mass is 353 g/mol. The second-order valence-corrected chi connectivity index (χ2v) is 7.30. The molecule has 0 unspecified atom stereocenters. The maximum atomic E-state index is 13.0. The number of fused-ring (bicyclic) bond motifs is 1. The van der Waals surface area contributed by atoms with Crippen LogP contribution in [0, 0.1) is 6.92 Å². The van der Waals surface area contributed by atoms with E-state index in [1.807, 2.05) is 54.6 Å². The Balaban J connectivity index is 1.53. The molecular formula is C19H23N5O2. The number of imidazole rings is 1. The van der Waals surface area contributed by atoms with Gasteiger partial charge in [-0.05, 0) is 31.9 Å². The average Bonchev–Trinajstić information content (AvgIpc) is 3.26. The van der Waals surface area contributed by atoms with E-state index < -0.39 is 0 Å². The van der Waals surface area contributed by atoms with Crippen LogP contribution in [0.4, 0.5) is 0 Å². The molecule has 7 nitrogen and oxygen atoms in total. The zero-order chi connectivity index (χ0) is 18.3. The number of nitrogens with zero attached hydrogens (tertiary/aromatic N) is 5. The summed E-state index contributed by atoms with van der Waals surface area (Å²) in [6.45, 7) is 7.39. The van der Waals surface area contributed by atoms with Crippen molar-refractivity contribution in [2.45, 2.75) is 45.4 Å². The first-order valence-corrected chi connectivity index (χ1v) is 9.09. The quantitative estimate of drug-likeness (QED) is 0.723. The molecule has 1 saturated heterocycles. The highest BCUT2D eigenvalue weighted by Crippen LogP contribution is 2.27. The molecule has 0 saturated carbocycles. The molecule has 26 heavy (non-hydrogen) atoms. The van der Waals surface area contributed by atoms with Crippen molar-refractivity contribution in [3.8, 4) is 0 Å². The summed E-state index contributed by atoms with van der Waals surface area (Å²) < 4.78 is 7.35. The highest BCUT2D eigenvalue weighted by Gasteiger charge is 2.29. The fourth-order valence-electron chi connectivity index (χ4n) is 3.44. The van der Waals surface area contributed by atoms with Crippen LogP contribution in [0.2, 0.25) is 0 Å². The van der Waals surface area contributed by atoms with E-state index in [9.17, 15) is 4.79 Å². The van der Waals surface area contributed by atoms with Crippen LogP contribution in [0.5, 0.6) is 0 Å². The van der Waals surface area contributed by atoms with Crippen molar-refractivity contribution < 1.29 is 9.32 Å². The zero-order valence-electron chi connectivity index (χ0n) is 15.3. The molecule has 4 heterocycles. The van der Waals surface area contributed by atoms with Gasteiger partial charge in [0.2, 0.25) is 5.89 Å². The standard InChI is InChI=1S/C19H23N5O2/c1-12(2)17-21-18(26-22-17)14-5-4-8-23(10-14)19(25)15-6-7-16-20-13(3)9-24(16)11-15/h6-7,9,11-12,14H,4-5,8,10H2,1-3H3/t14-/m1/s1. The summed E-state index contributed by atoms with van der Waals surface area (Å²) in [5, 5.41) is 4.06. The second kappa shape index (κ2) is 6.55. The molecule has 136 valence electrons. The average molecular weight is 353 g/mol. The number of carbonyl (C=O) groups excluding carboxylic acids is 1. The van der Waals surface area contributed by atoms with Gasteiger partial charge < -0.3 is 13.8 Å². The minimum atomic E-state index is 0.0338. The van der Waals surface area contributed by atoms with Crippen LogP contribution in [-0.2, 0) is 0 Å². The van der Waals surface area contributed by atoms with Gasteiger partial charge in [0.05, 0.1) is 17.2 Å². The molecule has 0 bridgehead atoms. The molecule has 7 heteroatoms. The number of rotatable bonds is 3. The van der Waals surface area contributed by atoms with Crippen LogP contribution in [0.25, 0.3) is 5.65 Å². The Bertz CT molecular complexity index is 942. The maximum absolute atomic E-state index is 13.0. The first kappa shape index (κ1) is 16.8. The van der Waals surface area contributed by atoms with Gasteiger partial charge in [-0.25, -0.2) is 4.98 Å². The van der Waals surface area contributed by atoms with Crippen molar-refractivity contribution in [2.24, 2.45) is 0 Å². The summed E-state index contributed by atoms with van der Waals surface area (Å²) in [6, 6.07) is 3.73. The molecule has 3 aromatic heterocycles. The Labute approximate surface area is 152 Å². The number of piperidine rings is 1. The molecule has 3 aromatic rings. The van der Waals surface area contributed by atoms with Gasteiger partial charge in [-0.3, -0.25) is 4.79 Å². The lowest BCUT2D eigenvalue weighted by Gasteiger charge is -2.31. The van der Waals surface area contributed by atoms with E-state index in [-0.39, 0.29) is 17.7 Å². The van der Waals surface area contributed by atoms with Crippen molar-refractivity contribution in [1.29, 1.82) is 0 Å². The third-order valence-electron chi connectivity index (χ3n) is 4.85. The van der Waals surface area contributed by atoms with Gasteiger partial charge in [0.1, 0.15) is 5.65 Å². The molecule has 0 aromatic carbocycles. The summed E-state index contributed by atoms with van der Waals surface area (Å²) >= 11 is 0. The van der Waals surface area contributed by atoms with Gasteiger partial charge in [-0.15, -0.1) is 0 Å². The number of pyridine rings is 1. The predicted molar refractivity (Wildman–Crippen MR) is 96.2 cm³/mol. The van der Waals surface area contributed by atoms with Crippen molar-refractivity contribution >= 4 is 11.6 Å². The van der Waals surface area contributed by atoms with Crippen LogP contribution in [0.3, 0.4) is 0 Å². The molecule has 1 aliphatic heterocycles. The molecule has 1 atom stereocenters. The topological polar surface area (TPSA) is 76.5 Å². The van der Waals surface area contributed by atoms with E-state index in [4.69, 9.17) is 4.52 Å². The van der Waals surface area contributed by atoms with E-state index in [1.165, 1.54) is 0 Å². The fraction of sp³-hybridized carbons (Fsp3) is 0.474. The normalized spacial score (nSPS) is 18.0. The summed E-state index contributed by atoms with van der Waals surface area (Å²) in [4.78, 5) is 23.8. The van der Waals surface area contributed by atoms with Crippen LogP contribution in [0.15, 0.2) is 29.0 Å². The molecule has 1 aliphatic rings. The summed E-state index contributed by atoms with van der Waals surface area (Å²) in [6.07, 6.45) is 5.67. The molecule has 0 radical (unpaired) electrons. The Morgan fingerprint density at radius 3 is 2.88 bits per heavy atom. The van der Waals surface area contributed by atoms with Crippen LogP contribution in [-0.4, -0.2) is 43.4 Å². The van der Waals surface area contributed by atoms with Gasteiger partial charge in [0, 0.05) is 31.4 Å². The van der Waals surface area contributed by atoms with E-state index in [1.54, 1.807) is 0 Å². The number of aromatic nitrogens is 4. The van der Waals surface area contributed by atoms with Crippen molar-refractivity contribution in [3.05, 3.63) is 47.5 Å². The Morgan fingerprint density at radius 2 is 2.12 bits per heavy atom. The number of hydrogen-bond donors (Lipinski definition) is 0. The molecule has 0 spiro atoms. The molecule has 1 amide bonds. The number of amides is 1. The smallest absolute Gasteiger partial charge is 0.255 e. The highest BCUT2D eigenvalue weighted by atomic mass is 16.5. The Kier molecular flexibility index (Phi) is 4.22. The fourth-order valence-corrected chi connectivity index (χ4v) is 3.44. The van der Waals surface area contributed by atoms with Crippen molar-refractivity contribution in [3.63, 3.8) is 0 Å². The number of aryl methyl sites for hydroxylation is 1. The lowest BCUT2D eigenvalue weighted by molar-refractivity contribution is 0.0695. The summed E-state index contributed by atoms with van der Waals surface area (Å²) in [7, 11) is 0. The minimum absolute atomic E-state index is 0.0338. The summed E-state index contributed by atoms with van der Waals surface area (Å²) in [5.41, 5.74) is 2.46. The third-order valence-corrected chi connectivity index (χ3v) is 4.85. The zero-order valence-corrected chi connectivity index (χ0v) is 15.3. The first-order valence-electron chi connectivity index (χ1n) is 9.09. The van der Waals surface area contributed by atoms with Crippen LogP contribution >= 0.6 is 0 Å². The van der Waals surface area contributed by atoms with E-state index in [0.29, 0.717) is 18.0 Å². The van der Waals surface area contributed by atoms with Crippen LogP contribution < -0.4 is 0 Å². The van der Waals surface area contributed by atoms with Gasteiger partial charge >= 0.3 is 0 Å². The largest absolute Gasteiger partial charge is 0.339 e. The molecule has 0 aliphatic carbocycles. The van der Waals surface area contributed by atoms with Gasteiger partial charge in [-0.2, -0.15) is 4.98 Å². The SMILES string of the molecule is Cc1cn2cc(C(=O)N3CCC[C@@H](c4nc(C(C)C)no4)C3)ccc2n1. The maximum Gasteiger partial charge on any atom is 0.255 e. The second-order valence-electron chi connectivity index (χ2n) is 7.30. The van der Waals surface area contributed by atoms with E-state index in [0.717, 1.165) is 36.6 Å². The Morgan fingerprint density at radius 1 is 1.27 bits per heavy atom. The van der Waals surface area contributed by atoms with Crippen molar-refractivity contribution in [2.75, 3.05) is 13.1 Å². The minimum Gasteiger partial charge on any atom is -0.339 e. The lowest BCUT2D eigenvalue weighted by Crippen LogP contribution is -2.39. The van der Waals surface area contributed by atoms with E-state index >= 15 is 0 Å². The predicted octanol–water partition coefficient (Wildman–Crippen LogP) is 3.17. The molecule has 4 rings (SSSR count). The van der Waals surface area contributed by atoms with E-state index in [2.05, 4.69) is 15.1 Å². The highest BCUT2D eigenvalue weighted by molar-refractivity contribution is 5.94. The van der Waals surface area contributed by atoms with Gasteiger partial charge in [0.25, 0.3) is 5.91 Å². The Hall–Kier alpha value is -2.70. The molecular weight excluding hydrogens is 330 g/mol. The van der Waals surface area contributed by atoms with Crippen LogP contribution in [0.1, 0.15) is 66.3 Å². The van der Waals surface area contributed by atoms with Crippen molar-refractivity contribution in [1.82, 2.24) is 24.4 Å². The lowest BCUT2D eigenvalue weighted by atomic mass is 9.97. The van der Waals surface area contributed by atoms with Gasteiger partial charge in [-0.1, -0.05) is 19.0 Å². The first-order chi connectivity index (χ1) is 12.5. The number of likely N-dealkylation sites (tertiary alicyclic amines) is 1. The molecule has 0 N–H and O–H groups in total. The molecule has 1 fully saturated rings. The number of carbonyl (C=O) groups is 1.